The summed E-state index contributed by atoms with van der Waals surface area (Å²) in [7, 11) is 0. The maximum absolute atomic E-state index is 13.0. The van der Waals surface area contributed by atoms with Crippen LogP contribution in [0.1, 0.15) is 39.3 Å². The van der Waals surface area contributed by atoms with Gasteiger partial charge in [-0.15, -0.1) is 0 Å². The van der Waals surface area contributed by atoms with Gasteiger partial charge in [-0.1, -0.05) is 0 Å². The van der Waals surface area contributed by atoms with Crippen molar-refractivity contribution in [3.8, 4) is 0 Å². The van der Waals surface area contributed by atoms with Crippen LogP contribution in [0.3, 0.4) is 0 Å². The molecule has 9 heteroatoms. The first kappa shape index (κ1) is 21.9. The van der Waals surface area contributed by atoms with Crippen LogP contribution in [0.15, 0.2) is 30.7 Å². The average Bonchev–Trinajstić information content (AvgIpc) is 2.69. The number of halogens is 1. The maximum Gasteiger partial charge on any atom is 0.410 e. The second kappa shape index (κ2) is 9.80. The number of ether oxygens (including phenoxy) is 1. The van der Waals surface area contributed by atoms with Gasteiger partial charge >= 0.3 is 6.09 Å². The van der Waals surface area contributed by atoms with E-state index in [1.807, 2.05) is 26.8 Å². The van der Waals surface area contributed by atoms with Crippen molar-refractivity contribution in [2.24, 2.45) is 5.92 Å². The molecule has 0 aromatic carbocycles. The smallest absolute Gasteiger partial charge is 0.410 e. The molecule has 0 bridgehead atoms. The van der Waals surface area contributed by atoms with Crippen LogP contribution in [0, 0.1) is 11.7 Å². The van der Waals surface area contributed by atoms with Crippen LogP contribution in [0.4, 0.5) is 20.8 Å². The van der Waals surface area contributed by atoms with Gasteiger partial charge in [0.1, 0.15) is 29.4 Å². The van der Waals surface area contributed by atoms with Gasteiger partial charge in [0.05, 0.1) is 11.9 Å². The van der Waals surface area contributed by atoms with Crippen molar-refractivity contribution >= 4 is 17.7 Å². The Morgan fingerprint density at radius 2 is 1.97 bits per heavy atom. The Labute approximate surface area is 176 Å². The minimum absolute atomic E-state index is 0.231. The first-order valence-electron chi connectivity index (χ1n) is 10.2. The number of piperidine rings is 1. The number of rotatable bonds is 6. The molecule has 30 heavy (non-hydrogen) atoms. The van der Waals surface area contributed by atoms with Crippen molar-refractivity contribution in [1.82, 2.24) is 25.2 Å². The summed E-state index contributed by atoms with van der Waals surface area (Å²) in [5, 5.41) is 6.47. The van der Waals surface area contributed by atoms with Gasteiger partial charge in [-0.2, -0.15) is 0 Å². The van der Waals surface area contributed by atoms with Crippen LogP contribution >= 0.6 is 0 Å². The normalized spacial score (nSPS) is 15.1. The summed E-state index contributed by atoms with van der Waals surface area (Å²) in [6.45, 7) is 8.54. The molecule has 0 aliphatic carbocycles. The molecule has 3 rings (SSSR count). The van der Waals surface area contributed by atoms with Crippen LogP contribution in [-0.4, -0.2) is 51.2 Å². The van der Waals surface area contributed by atoms with Crippen molar-refractivity contribution in [3.05, 3.63) is 42.2 Å². The fourth-order valence-electron chi connectivity index (χ4n) is 3.19. The average molecular weight is 417 g/mol. The van der Waals surface area contributed by atoms with Crippen molar-refractivity contribution < 1.29 is 13.9 Å². The lowest BCUT2D eigenvalue weighted by Gasteiger charge is -2.33. The number of hydrogen-bond donors (Lipinski definition) is 2. The summed E-state index contributed by atoms with van der Waals surface area (Å²) in [5.74, 6) is 1.24. The molecule has 1 saturated heterocycles. The van der Waals surface area contributed by atoms with E-state index in [9.17, 15) is 9.18 Å². The molecule has 1 aliphatic rings. The number of likely N-dealkylation sites (tertiary alicyclic amines) is 1. The van der Waals surface area contributed by atoms with Gasteiger partial charge in [0.15, 0.2) is 0 Å². The van der Waals surface area contributed by atoms with Crippen LogP contribution in [0.5, 0.6) is 0 Å². The van der Waals surface area contributed by atoms with Crippen molar-refractivity contribution in [3.63, 3.8) is 0 Å². The Morgan fingerprint density at radius 3 is 2.63 bits per heavy atom. The lowest BCUT2D eigenvalue weighted by Crippen LogP contribution is -2.43. The van der Waals surface area contributed by atoms with Gasteiger partial charge < -0.3 is 20.3 Å². The number of amides is 1. The van der Waals surface area contributed by atoms with Gasteiger partial charge in [0.25, 0.3) is 0 Å². The molecule has 0 spiro atoms. The molecule has 162 valence electrons. The maximum atomic E-state index is 13.0. The van der Waals surface area contributed by atoms with Crippen molar-refractivity contribution in [2.75, 3.05) is 25.0 Å². The number of carbonyl (C=O) groups excluding carboxylic acids is 1. The molecule has 0 saturated carbocycles. The molecule has 2 aromatic rings. The molecular formula is C21H29FN6O2. The Morgan fingerprint density at radius 1 is 1.20 bits per heavy atom. The van der Waals surface area contributed by atoms with E-state index >= 15 is 0 Å². The number of pyridine rings is 1. The highest BCUT2D eigenvalue weighted by Crippen LogP contribution is 2.19. The largest absolute Gasteiger partial charge is 0.444 e. The van der Waals surface area contributed by atoms with E-state index in [1.54, 1.807) is 11.0 Å². The summed E-state index contributed by atoms with van der Waals surface area (Å²) in [6, 6.07) is 4.73. The fraction of sp³-hybridized carbons (Fsp3) is 0.524. The van der Waals surface area contributed by atoms with E-state index in [4.69, 9.17) is 4.74 Å². The molecule has 1 aliphatic heterocycles. The molecule has 0 atom stereocenters. The third-order valence-electron chi connectivity index (χ3n) is 4.71. The number of hydrogen-bond acceptors (Lipinski definition) is 7. The molecule has 0 radical (unpaired) electrons. The highest BCUT2D eigenvalue weighted by atomic mass is 19.1. The SMILES string of the molecule is CC(C)(C)OC(=O)N1CCC(CNCc2cc(Nc3ccc(F)cn3)ncn2)CC1. The van der Waals surface area contributed by atoms with Gasteiger partial charge in [-0.3, -0.25) is 0 Å². The van der Waals surface area contributed by atoms with E-state index in [0.717, 1.165) is 31.3 Å². The molecule has 0 unspecified atom stereocenters. The molecule has 1 fully saturated rings. The van der Waals surface area contributed by atoms with Crippen LogP contribution in [-0.2, 0) is 11.3 Å². The molecule has 2 aromatic heterocycles. The zero-order valence-corrected chi connectivity index (χ0v) is 17.7. The second-order valence-corrected chi connectivity index (χ2v) is 8.42. The predicted octanol–water partition coefficient (Wildman–Crippen LogP) is 3.49. The topological polar surface area (TPSA) is 92.3 Å². The first-order chi connectivity index (χ1) is 14.3. The second-order valence-electron chi connectivity index (χ2n) is 8.42. The van der Waals surface area contributed by atoms with E-state index < -0.39 is 5.60 Å². The summed E-state index contributed by atoms with van der Waals surface area (Å²) in [5.41, 5.74) is 0.383. The third-order valence-corrected chi connectivity index (χ3v) is 4.71. The predicted molar refractivity (Wildman–Crippen MR) is 112 cm³/mol. The third kappa shape index (κ3) is 6.91. The van der Waals surface area contributed by atoms with Gasteiger partial charge in [0, 0.05) is 25.7 Å². The monoisotopic (exact) mass is 416 g/mol. The van der Waals surface area contributed by atoms with E-state index in [1.165, 1.54) is 12.4 Å². The molecule has 8 nitrogen and oxygen atoms in total. The summed E-state index contributed by atoms with van der Waals surface area (Å²) in [6.07, 6.45) is 4.30. The van der Waals surface area contributed by atoms with E-state index in [-0.39, 0.29) is 11.9 Å². The minimum Gasteiger partial charge on any atom is -0.444 e. The number of nitrogens with one attached hydrogen (secondary N) is 2. The zero-order chi connectivity index (χ0) is 21.6. The highest BCUT2D eigenvalue weighted by molar-refractivity contribution is 5.68. The fourth-order valence-corrected chi connectivity index (χ4v) is 3.19. The first-order valence-corrected chi connectivity index (χ1v) is 10.2. The molecule has 3 heterocycles. The van der Waals surface area contributed by atoms with Crippen LogP contribution in [0.2, 0.25) is 0 Å². The zero-order valence-electron chi connectivity index (χ0n) is 17.7. The summed E-state index contributed by atoms with van der Waals surface area (Å²) >= 11 is 0. The van der Waals surface area contributed by atoms with Gasteiger partial charge in [-0.25, -0.2) is 24.1 Å². The molecule has 2 N–H and O–H groups in total. The number of carbonyl (C=O) groups is 1. The lowest BCUT2D eigenvalue weighted by atomic mass is 9.97. The number of anilines is 2. The molecular weight excluding hydrogens is 387 g/mol. The Hall–Kier alpha value is -2.81. The summed E-state index contributed by atoms with van der Waals surface area (Å²) < 4.78 is 18.4. The number of nitrogens with zero attached hydrogens (tertiary/aromatic N) is 4. The lowest BCUT2D eigenvalue weighted by molar-refractivity contribution is 0.0184. The Kier molecular flexibility index (Phi) is 7.15. The number of aromatic nitrogens is 3. The summed E-state index contributed by atoms with van der Waals surface area (Å²) in [4.78, 5) is 26.4. The molecule has 1 amide bonds. The van der Waals surface area contributed by atoms with Gasteiger partial charge in [0.2, 0.25) is 0 Å². The quantitative estimate of drug-likeness (QED) is 0.745. The van der Waals surface area contributed by atoms with E-state index in [0.29, 0.717) is 37.2 Å². The van der Waals surface area contributed by atoms with Crippen LogP contribution in [0.25, 0.3) is 0 Å². The highest BCUT2D eigenvalue weighted by Gasteiger charge is 2.26. The van der Waals surface area contributed by atoms with Crippen molar-refractivity contribution in [2.45, 2.75) is 45.8 Å². The van der Waals surface area contributed by atoms with Crippen molar-refractivity contribution in [1.29, 1.82) is 0 Å². The Balaban J connectivity index is 1.41. The Bertz CT molecular complexity index is 832. The van der Waals surface area contributed by atoms with Crippen LogP contribution < -0.4 is 10.6 Å². The minimum atomic E-state index is -0.465. The van der Waals surface area contributed by atoms with Gasteiger partial charge in [-0.05, 0) is 58.2 Å². The van der Waals surface area contributed by atoms with E-state index in [2.05, 4.69) is 25.6 Å². The standard InChI is InChI=1S/C21H29FN6O2/c1-21(2,3)30-20(29)28-8-6-15(7-9-28)11-23-13-17-10-19(26-14-25-17)27-18-5-4-16(22)12-24-18/h4-5,10,12,14-15,23H,6-9,11,13H2,1-3H3,(H,24,25,26,27).